The minimum Gasteiger partial charge on any atom is -0.477 e. The molecule has 162 valence electrons. The second-order valence-corrected chi connectivity index (χ2v) is 8.52. The molecule has 0 amide bonds. The van der Waals surface area contributed by atoms with Crippen molar-refractivity contribution in [1.29, 1.82) is 0 Å². The average Bonchev–Trinajstić information content (AvgIpc) is 3.17. The molecule has 1 aromatic heterocycles. The third-order valence-corrected chi connectivity index (χ3v) is 6.13. The lowest BCUT2D eigenvalue weighted by Crippen LogP contribution is -2.45. The van der Waals surface area contributed by atoms with E-state index < -0.39 is 0 Å². The second-order valence-electron chi connectivity index (χ2n) is 8.52. The molecule has 2 saturated carbocycles. The van der Waals surface area contributed by atoms with Gasteiger partial charge in [0.05, 0.1) is 13.2 Å². The van der Waals surface area contributed by atoms with Gasteiger partial charge in [-0.15, -0.1) is 24.0 Å². The highest BCUT2D eigenvalue weighted by atomic mass is 127. The van der Waals surface area contributed by atoms with Crippen LogP contribution in [0.5, 0.6) is 5.88 Å². The van der Waals surface area contributed by atoms with Crippen molar-refractivity contribution in [3.8, 4) is 5.88 Å². The fourth-order valence-electron chi connectivity index (χ4n) is 4.27. The lowest BCUT2D eigenvalue weighted by molar-refractivity contribution is 0.242. The Balaban J connectivity index is 0.00000240. The maximum Gasteiger partial charge on any atom is 0.213 e. The van der Waals surface area contributed by atoms with Gasteiger partial charge in [-0.05, 0) is 50.5 Å². The van der Waals surface area contributed by atoms with Crippen molar-refractivity contribution < 1.29 is 4.74 Å². The van der Waals surface area contributed by atoms with Crippen molar-refractivity contribution in [1.82, 2.24) is 20.5 Å². The number of likely N-dealkylation sites (tertiary alicyclic amines) is 1. The van der Waals surface area contributed by atoms with Crippen LogP contribution in [0.15, 0.2) is 23.3 Å². The van der Waals surface area contributed by atoms with Gasteiger partial charge in [0, 0.05) is 44.0 Å². The van der Waals surface area contributed by atoms with Gasteiger partial charge in [-0.3, -0.25) is 4.90 Å². The molecule has 3 aliphatic rings. The molecular formula is C22H36IN5O. The van der Waals surface area contributed by atoms with Gasteiger partial charge in [0.2, 0.25) is 5.88 Å². The summed E-state index contributed by atoms with van der Waals surface area (Å²) < 4.78 is 5.71. The molecule has 2 heterocycles. The number of pyridine rings is 1. The smallest absolute Gasteiger partial charge is 0.213 e. The number of hydrogen-bond donors (Lipinski definition) is 2. The van der Waals surface area contributed by atoms with Gasteiger partial charge < -0.3 is 15.4 Å². The lowest BCUT2D eigenvalue weighted by Gasteiger charge is -2.24. The minimum absolute atomic E-state index is 0. The van der Waals surface area contributed by atoms with Crippen LogP contribution in [-0.4, -0.2) is 54.2 Å². The van der Waals surface area contributed by atoms with E-state index in [2.05, 4.69) is 33.5 Å². The summed E-state index contributed by atoms with van der Waals surface area (Å²) in [6.07, 6.45) is 11.3. The molecule has 1 aromatic rings. The normalized spacial score (nSPS) is 23.1. The molecule has 29 heavy (non-hydrogen) atoms. The third kappa shape index (κ3) is 6.98. The number of guanidine groups is 1. The summed E-state index contributed by atoms with van der Waals surface area (Å²) >= 11 is 0. The molecule has 3 fully saturated rings. The van der Waals surface area contributed by atoms with Crippen molar-refractivity contribution in [3.63, 3.8) is 0 Å². The maximum absolute atomic E-state index is 5.71. The zero-order valence-corrected chi connectivity index (χ0v) is 19.9. The summed E-state index contributed by atoms with van der Waals surface area (Å²) in [5, 5.41) is 7.03. The second kappa shape index (κ2) is 11.3. The molecule has 1 unspecified atom stereocenters. The molecule has 0 bridgehead atoms. The Morgan fingerprint density at radius 2 is 2.03 bits per heavy atom. The van der Waals surface area contributed by atoms with E-state index >= 15 is 0 Å². The Morgan fingerprint density at radius 3 is 2.72 bits per heavy atom. The van der Waals surface area contributed by atoms with Gasteiger partial charge in [-0.25, -0.2) is 9.98 Å². The molecular weight excluding hydrogens is 477 g/mol. The Kier molecular flexibility index (Phi) is 8.84. The monoisotopic (exact) mass is 513 g/mol. The fourth-order valence-corrected chi connectivity index (χ4v) is 4.27. The molecule has 7 heteroatoms. The number of ether oxygens (including phenoxy) is 1. The Morgan fingerprint density at radius 1 is 1.21 bits per heavy atom. The van der Waals surface area contributed by atoms with Crippen LogP contribution < -0.4 is 15.4 Å². The van der Waals surface area contributed by atoms with Gasteiger partial charge in [0.25, 0.3) is 0 Å². The number of hydrogen-bond acceptors (Lipinski definition) is 4. The molecule has 1 aliphatic heterocycles. The SMILES string of the molecule is CCNC(=NCc1ccc(OCC2CC2)nc1)NC1CCN(C2CCCC2)C1.I. The van der Waals surface area contributed by atoms with Crippen molar-refractivity contribution in [3.05, 3.63) is 23.9 Å². The van der Waals surface area contributed by atoms with E-state index in [1.54, 1.807) is 0 Å². The highest BCUT2D eigenvalue weighted by Gasteiger charge is 2.30. The van der Waals surface area contributed by atoms with Crippen LogP contribution in [0.25, 0.3) is 0 Å². The largest absolute Gasteiger partial charge is 0.477 e. The summed E-state index contributed by atoms with van der Waals surface area (Å²) in [7, 11) is 0. The first-order chi connectivity index (χ1) is 13.8. The summed E-state index contributed by atoms with van der Waals surface area (Å²) in [5.41, 5.74) is 1.11. The van der Waals surface area contributed by atoms with Crippen molar-refractivity contribution in [2.24, 2.45) is 10.9 Å². The van der Waals surface area contributed by atoms with Gasteiger partial charge >= 0.3 is 0 Å². The number of halogens is 1. The fraction of sp³-hybridized carbons (Fsp3) is 0.727. The summed E-state index contributed by atoms with van der Waals surface area (Å²) in [6, 6.07) is 5.34. The molecule has 1 saturated heterocycles. The van der Waals surface area contributed by atoms with Gasteiger partial charge in [-0.2, -0.15) is 0 Å². The molecule has 4 rings (SSSR count). The Bertz CT molecular complexity index is 643. The van der Waals surface area contributed by atoms with Gasteiger partial charge in [0.1, 0.15) is 0 Å². The topological polar surface area (TPSA) is 61.8 Å². The van der Waals surface area contributed by atoms with Crippen LogP contribution in [0, 0.1) is 5.92 Å². The van der Waals surface area contributed by atoms with Gasteiger partial charge in [0.15, 0.2) is 5.96 Å². The van der Waals surface area contributed by atoms with Crippen LogP contribution in [0.4, 0.5) is 0 Å². The summed E-state index contributed by atoms with van der Waals surface area (Å²) in [6.45, 7) is 6.78. The lowest BCUT2D eigenvalue weighted by atomic mass is 10.2. The van der Waals surface area contributed by atoms with Crippen molar-refractivity contribution in [2.45, 2.75) is 70.5 Å². The van der Waals surface area contributed by atoms with Crippen LogP contribution in [0.3, 0.4) is 0 Å². The predicted molar refractivity (Wildman–Crippen MR) is 128 cm³/mol. The van der Waals surface area contributed by atoms with E-state index in [1.165, 1.54) is 51.5 Å². The third-order valence-electron chi connectivity index (χ3n) is 6.13. The standard InChI is InChI=1S/C22H35N5O.HI/c1-2-23-22(26-19-11-12-27(15-19)20-5-3-4-6-20)25-14-18-9-10-21(24-13-18)28-16-17-7-8-17;/h9-10,13,17,19-20H,2-8,11-12,14-16H2,1H3,(H2,23,25,26);1H. The first kappa shape index (κ1) is 22.6. The summed E-state index contributed by atoms with van der Waals surface area (Å²) in [5.74, 6) is 2.39. The van der Waals surface area contributed by atoms with Crippen molar-refractivity contribution in [2.75, 3.05) is 26.2 Å². The molecule has 2 N–H and O–H groups in total. The first-order valence-electron chi connectivity index (χ1n) is 11.2. The summed E-state index contributed by atoms with van der Waals surface area (Å²) in [4.78, 5) is 11.9. The number of aliphatic imine (C=N–C) groups is 1. The predicted octanol–water partition coefficient (Wildman–Crippen LogP) is 3.56. The van der Waals surface area contributed by atoms with E-state index in [0.29, 0.717) is 12.6 Å². The minimum atomic E-state index is 0. The molecule has 1 atom stereocenters. The Hall–Kier alpha value is -1.09. The van der Waals surface area contributed by atoms with Crippen LogP contribution in [-0.2, 0) is 6.54 Å². The zero-order chi connectivity index (χ0) is 19.2. The van der Waals surface area contributed by atoms with Crippen LogP contribution in [0.2, 0.25) is 0 Å². The van der Waals surface area contributed by atoms with E-state index in [1.807, 2.05) is 12.3 Å². The molecule has 2 aliphatic carbocycles. The molecule has 6 nitrogen and oxygen atoms in total. The Labute approximate surface area is 192 Å². The molecule has 0 radical (unpaired) electrons. The zero-order valence-electron chi connectivity index (χ0n) is 17.6. The van der Waals surface area contributed by atoms with E-state index in [9.17, 15) is 0 Å². The van der Waals surface area contributed by atoms with Gasteiger partial charge in [-0.1, -0.05) is 18.9 Å². The van der Waals surface area contributed by atoms with E-state index in [-0.39, 0.29) is 24.0 Å². The van der Waals surface area contributed by atoms with E-state index in [4.69, 9.17) is 9.73 Å². The van der Waals surface area contributed by atoms with Crippen LogP contribution >= 0.6 is 24.0 Å². The number of nitrogens with one attached hydrogen (secondary N) is 2. The van der Waals surface area contributed by atoms with E-state index in [0.717, 1.165) is 49.1 Å². The van der Waals surface area contributed by atoms with Crippen LogP contribution in [0.1, 0.15) is 57.4 Å². The number of rotatable bonds is 8. The highest BCUT2D eigenvalue weighted by Crippen LogP contribution is 2.29. The van der Waals surface area contributed by atoms with Crippen molar-refractivity contribution >= 4 is 29.9 Å². The number of aromatic nitrogens is 1. The number of nitrogens with zero attached hydrogens (tertiary/aromatic N) is 3. The molecule has 0 aromatic carbocycles. The molecule has 0 spiro atoms. The maximum atomic E-state index is 5.71. The first-order valence-corrected chi connectivity index (χ1v) is 11.2. The average molecular weight is 513 g/mol. The quantitative estimate of drug-likeness (QED) is 0.316. The highest BCUT2D eigenvalue weighted by molar-refractivity contribution is 14.0.